The second-order valence-corrected chi connectivity index (χ2v) is 5.19. The van der Waals surface area contributed by atoms with Crippen molar-refractivity contribution in [1.82, 2.24) is 4.98 Å². The van der Waals surface area contributed by atoms with Crippen LogP contribution in [0.5, 0.6) is 0 Å². The number of carbonyl (C=O) groups excluding carboxylic acids is 1. The second kappa shape index (κ2) is 4.48. The lowest BCUT2D eigenvalue weighted by Gasteiger charge is -2.20. The van der Waals surface area contributed by atoms with Crippen LogP contribution < -0.4 is 5.73 Å². The molecule has 1 aliphatic rings. The van der Waals surface area contributed by atoms with E-state index in [-0.39, 0.29) is 5.91 Å². The standard InChI is InChI=1S/C15H18N2O/c16-15(18)11-7-4-8-13-12(11)9-14(17-13)10-5-2-1-3-6-10/h4,7-10,17H,1-3,5-6H2,(H2,16,18). The molecule has 1 saturated carbocycles. The molecular weight excluding hydrogens is 224 g/mol. The number of nitrogens with two attached hydrogens (primary N) is 1. The van der Waals surface area contributed by atoms with Gasteiger partial charge in [-0.3, -0.25) is 4.79 Å². The van der Waals surface area contributed by atoms with Crippen molar-refractivity contribution in [3.8, 4) is 0 Å². The van der Waals surface area contributed by atoms with Gasteiger partial charge in [-0.1, -0.05) is 25.3 Å². The molecule has 0 spiro atoms. The van der Waals surface area contributed by atoms with Gasteiger partial charge in [0.15, 0.2) is 0 Å². The second-order valence-electron chi connectivity index (χ2n) is 5.19. The smallest absolute Gasteiger partial charge is 0.249 e. The molecule has 1 aromatic heterocycles. The highest BCUT2D eigenvalue weighted by atomic mass is 16.1. The summed E-state index contributed by atoms with van der Waals surface area (Å²) in [6.45, 7) is 0. The summed E-state index contributed by atoms with van der Waals surface area (Å²) < 4.78 is 0. The van der Waals surface area contributed by atoms with Crippen LogP contribution in [-0.4, -0.2) is 10.9 Å². The summed E-state index contributed by atoms with van der Waals surface area (Å²) in [5.74, 6) is 0.265. The van der Waals surface area contributed by atoms with E-state index in [0.717, 1.165) is 10.9 Å². The molecule has 3 nitrogen and oxygen atoms in total. The summed E-state index contributed by atoms with van der Waals surface area (Å²) in [5.41, 5.74) is 8.31. The van der Waals surface area contributed by atoms with E-state index < -0.39 is 0 Å². The van der Waals surface area contributed by atoms with Crippen molar-refractivity contribution in [3.05, 3.63) is 35.5 Å². The quantitative estimate of drug-likeness (QED) is 0.833. The number of hydrogen-bond donors (Lipinski definition) is 2. The molecule has 1 fully saturated rings. The van der Waals surface area contributed by atoms with Gasteiger partial charge in [0.1, 0.15) is 0 Å². The van der Waals surface area contributed by atoms with Gasteiger partial charge in [-0.15, -0.1) is 0 Å². The number of primary amides is 1. The van der Waals surface area contributed by atoms with Gasteiger partial charge in [0.25, 0.3) is 0 Å². The minimum absolute atomic E-state index is 0.352. The zero-order valence-corrected chi connectivity index (χ0v) is 10.4. The Labute approximate surface area is 106 Å². The van der Waals surface area contributed by atoms with Crippen molar-refractivity contribution in [2.45, 2.75) is 38.0 Å². The van der Waals surface area contributed by atoms with Gasteiger partial charge < -0.3 is 10.7 Å². The highest BCUT2D eigenvalue weighted by Gasteiger charge is 2.18. The van der Waals surface area contributed by atoms with Gasteiger partial charge >= 0.3 is 0 Å². The van der Waals surface area contributed by atoms with Crippen LogP contribution in [0.1, 0.15) is 54.1 Å². The highest BCUT2D eigenvalue weighted by molar-refractivity contribution is 6.05. The molecule has 0 atom stereocenters. The SMILES string of the molecule is NC(=O)c1cccc2[nH]c(C3CCCCC3)cc12. The fourth-order valence-corrected chi connectivity index (χ4v) is 3.03. The molecule has 1 aromatic carbocycles. The first-order valence-electron chi connectivity index (χ1n) is 6.67. The maximum Gasteiger partial charge on any atom is 0.249 e. The van der Waals surface area contributed by atoms with E-state index >= 15 is 0 Å². The van der Waals surface area contributed by atoms with Crippen LogP contribution in [0.2, 0.25) is 0 Å². The van der Waals surface area contributed by atoms with Crippen molar-refractivity contribution in [2.75, 3.05) is 0 Å². The zero-order valence-electron chi connectivity index (χ0n) is 10.4. The molecule has 3 rings (SSSR count). The van der Waals surface area contributed by atoms with E-state index in [1.807, 2.05) is 12.1 Å². The first-order chi connectivity index (χ1) is 8.75. The molecule has 1 amide bonds. The number of hydrogen-bond acceptors (Lipinski definition) is 1. The average molecular weight is 242 g/mol. The summed E-state index contributed by atoms with van der Waals surface area (Å²) in [6.07, 6.45) is 6.46. The van der Waals surface area contributed by atoms with E-state index in [4.69, 9.17) is 5.73 Å². The number of aromatic nitrogens is 1. The maximum atomic E-state index is 11.4. The monoisotopic (exact) mass is 242 g/mol. The van der Waals surface area contributed by atoms with Crippen LogP contribution >= 0.6 is 0 Å². The minimum Gasteiger partial charge on any atom is -0.366 e. The van der Waals surface area contributed by atoms with Crippen molar-refractivity contribution in [1.29, 1.82) is 0 Å². The van der Waals surface area contributed by atoms with Crippen LogP contribution in [0, 0.1) is 0 Å². The number of fused-ring (bicyclic) bond motifs is 1. The Kier molecular flexibility index (Phi) is 2.82. The van der Waals surface area contributed by atoms with Gasteiger partial charge in [0.2, 0.25) is 5.91 Å². The topological polar surface area (TPSA) is 58.9 Å². The number of amides is 1. The molecule has 18 heavy (non-hydrogen) atoms. The molecule has 94 valence electrons. The van der Waals surface area contributed by atoms with Crippen molar-refractivity contribution < 1.29 is 4.79 Å². The van der Waals surface area contributed by atoms with Crippen LogP contribution in [0.4, 0.5) is 0 Å². The molecule has 1 aliphatic carbocycles. The Morgan fingerprint density at radius 2 is 2.00 bits per heavy atom. The first-order valence-corrected chi connectivity index (χ1v) is 6.67. The van der Waals surface area contributed by atoms with E-state index in [9.17, 15) is 4.79 Å². The lowest BCUT2D eigenvalue weighted by atomic mass is 9.87. The summed E-state index contributed by atoms with van der Waals surface area (Å²) >= 11 is 0. The van der Waals surface area contributed by atoms with Crippen molar-refractivity contribution in [2.24, 2.45) is 5.73 Å². The Morgan fingerprint density at radius 3 is 2.72 bits per heavy atom. The molecule has 0 aliphatic heterocycles. The Balaban J connectivity index is 2.04. The van der Waals surface area contributed by atoms with Gasteiger partial charge in [-0.2, -0.15) is 0 Å². The first kappa shape index (κ1) is 11.3. The lowest BCUT2D eigenvalue weighted by molar-refractivity contribution is 0.100. The predicted molar refractivity (Wildman–Crippen MR) is 72.6 cm³/mol. The van der Waals surface area contributed by atoms with Gasteiger partial charge in [0.05, 0.1) is 0 Å². The van der Waals surface area contributed by atoms with Crippen molar-refractivity contribution in [3.63, 3.8) is 0 Å². The van der Waals surface area contributed by atoms with Crippen molar-refractivity contribution >= 4 is 16.8 Å². The molecule has 0 unspecified atom stereocenters. The maximum absolute atomic E-state index is 11.4. The molecule has 1 heterocycles. The summed E-state index contributed by atoms with van der Waals surface area (Å²) in [7, 11) is 0. The number of carbonyl (C=O) groups is 1. The Hall–Kier alpha value is -1.77. The third-order valence-electron chi connectivity index (χ3n) is 4.00. The summed E-state index contributed by atoms with van der Waals surface area (Å²) in [6, 6.07) is 7.80. The normalized spacial score (nSPS) is 17.1. The number of benzene rings is 1. The van der Waals surface area contributed by atoms with Gasteiger partial charge in [0, 0.05) is 22.2 Å². The van der Waals surface area contributed by atoms with Crippen LogP contribution in [-0.2, 0) is 0 Å². The predicted octanol–water partition coefficient (Wildman–Crippen LogP) is 3.31. The van der Waals surface area contributed by atoms with E-state index in [0.29, 0.717) is 11.5 Å². The Bertz CT molecular complexity index is 579. The highest BCUT2D eigenvalue weighted by Crippen LogP contribution is 2.34. The van der Waals surface area contributed by atoms with E-state index in [1.165, 1.54) is 37.8 Å². The molecule has 3 N–H and O–H groups in total. The fraction of sp³-hybridized carbons (Fsp3) is 0.400. The molecule has 3 heteroatoms. The molecule has 0 saturated heterocycles. The van der Waals surface area contributed by atoms with E-state index in [1.54, 1.807) is 6.07 Å². The zero-order chi connectivity index (χ0) is 12.5. The van der Waals surface area contributed by atoms with Crippen LogP contribution in [0.15, 0.2) is 24.3 Å². The van der Waals surface area contributed by atoms with Gasteiger partial charge in [-0.05, 0) is 37.0 Å². The molecule has 0 bridgehead atoms. The average Bonchev–Trinajstić information content (AvgIpc) is 2.83. The molecular formula is C15H18N2O. The molecule has 0 radical (unpaired) electrons. The van der Waals surface area contributed by atoms with E-state index in [2.05, 4.69) is 11.1 Å². The fourth-order valence-electron chi connectivity index (χ4n) is 3.03. The minimum atomic E-state index is -0.352. The number of rotatable bonds is 2. The number of nitrogens with one attached hydrogen (secondary N) is 1. The largest absolute Gasteiger partial charge is 0.366 e. The third kappa shape index (κ3) is 1.90. The number of H-pyrrole nitrogens is 1. The van der Waals surface area contributed by atoms with Crippen LogP contribution in [0.3, 0.4) is 0 Å². The lowest BCUT2D eigenvalue weighted by Crippen LogP contribution is -2.10. The Morgan fingerprint density at radius 1 is 1.22 bits per heavy atom. The van der Waals surface area contributed by atoms with Crippen LogP contribution in [0.25, 0.3) is 10.9 Å². The summed E-state index contributed by atoms with van der Waals surface area (Å²) in [5, 5.41) is 0.963. The van der Waals surface area contributed by atoms with Gasteiger partial charge in [-0.25, -0.2) is 0 Å². The number of aromatic amines is 1. The third-order valence-corrected chi connectivity index (χ3v) is 4.00. The summed E-state index contributed by atoms with van der Waals surface area (Å²) in [4.78, 5) is 14.9. The molecule has 2 aromatic rings.